The van der Waals surface area contributed by atoms with Gasteiger partial charge in [-0.3, -0.25) is 9.64 Å². The highest BCUT2D eigenvalue weighted by Gasteiger charge is 2.54. The molecule has 0 bridgehead atoms. The van der Waals surface area contributed by atoms with Gasteiger partial charge in [-0.25, -0.2) is 0 Å². The third-order valence-corrected chi connectivity index (χ3v) is 3.36. The van der Waals surface area contributed by atoms with Gasteiger partial charge in [0.15, 0.2) is 0 Å². The molecule has 2 nitrogen and oxygen atoms in total. The second-order valence-electron chi connectivity index (χ2n) is 4.83. The van der Waals surface area contributed by atoms with E-state index in [0.29, 0.717) is 12.8 Å². The van der Waals surface area contributed by atoms with Crippen molar-refractivity contribution in [2.75, 3.05) is 13.1 Å². The summed E-state index contributed by atoms with van der Waals surface area (Å²) >= 11 is 0. The van der Waals surface area contributed by atoms with Gasteiger partial charge in [0.1, 0.15) is 0 Å². The van der Waals surface area contributed by atoms with Gasteiger partial charge in [-0.2, -0.15) is 17.6 Å². The van der Waals surface area contributed by atoms with Crippen LogP contribution in [0.5, 0.6) is 0 Å². The third kappa shape index (κ3) is 3.55. The molecule has 6 heteroatoms. The zero-order chi connectivity index (χ0) is 13.3. The van der Waals surface area contributed by atoms with E-state index in [-0.39, 0.29) is 0 Å². The Morgan fingerprint density at radius 1 is 1.12 bits per heavy atom. The summed E-state index contributed by atoms with van der Waals surface area (Å²) in [5.74, 6) is 0. The summed E-state index contributed by atoms with van der Waals surface area (Å²) in [4.78, 5) is 1.15. The molecule has 0 aromatic heterocycles. The number of halogens is 4. The fraction of sp³-hybridized carbons (Fsp3) is 1.00. The summed E-state index contributed by atoms with van der Waals surface area (Å²) in [7, 11) is 0. The van der Waals surface area contributed by atoms with Crippen LogP contribution in [0.1, 0.15) is 40.0 Å². The predicted molar refractivity (Wildman–Crippen MR) is 56.2 cm³/mol. The van der Waals surface area contributed by atoms with E-state index in [1.165, 1.54) is 0 Å². The Morgan fingerprint density at radius 2 is 1.59 bits per heavy atom. The van der Waals surface area contributed by atoms with E-state index >= 15 is 0 Å². The van der Waals surface area contributed by atoms with Crippen LogP contribution in [-0.4, -0.2) is 35.7 Å². The molecule has 0 radical (unpaired) electrons. The average molecular weight is 257 g/mol. The largest absolute Gasteiger partial charge is 0.372 e. The number of hydrogen-bond donors (Lipinski definition) is 0. The third-order valence-electron chi connectivity index (χ3n) is 3.36. The van der Waals surface area contributed by atoms with E-state index < -0.39 is 30.8 Å². The van der Waals surface area contributed by atoms with Crippen LogP contribution in [0.25, 0.3) is 0 Å². The Labute approximate surface area is 98.9 Å². The lowest BCUT2D eigenvalue weighted by Crippen LogP contribution is -2.61. The van der Waals surface area contributed by atoms with Crippen molar-refractivity contribution in [2.24, 2.45) is 0 Å². The minimum absolute atomic E-state index is 0.549. The van der Waals surface area contributed by atoms with Gasteiger partial charge in [-0.05, 0) is 19.8 Å². The van der Waals surface area contributed by atoms with E-state index in [1.807, 2.05) is 13.8 Å². The minimum atomic E-state index is -3.79. The fourth-order valence-corrected chi connectivity index (χ4v) is 2.26. The number of morpholine rings is 1. The van der Waals surface area contributed by atoms with Gasteiger partial charge in [0, 0.05) is 5.54 Å². The van der Waals surface area contributed by atoms with Gasteiger partial charge in [-0.15, -0.1) is 0 Å². The number of rotatable bonds is 4. The fourth-order valence-electron chi connectivity index (χ4n) is 2.26. The molecule has 0 N–H and O–H groups in total. The van der Waals surface area contributed by atoms with Crippen LogP contribution in [0.3, 0.4) is 0 Å². The molecule has 17 heavy (non-hydrogen) atoms. The van der Waals surface area contributed by atoms with E-state index in [2.05, 4.69) is 4.74 Å². The summed E-state index contributed by atoms with van der Waals surface area (Å²) in [5, 5.41) is 0. The first-order valence-corrected chi connectivity index (χ1v) is 5.85. The number of nitrogens with zero attached hydrogens (tertiary/aromatic N) is 1. The van der Waals surface area contributed by atoms with Crippen molar-refractivity contribution in [1.29, 1.82) is 0 Å². The van der Waals surface area contributed by atoms with E-state index in [0.717, 1.165) is 11.3 Å². The van der Waals surface area contributed by atoms with E-state index in [9.17, 15) is 17.6 Å². The van der Waals surface area contributed by atoms with Crippen molar-refractivity contribution in [3.05, 3.63) is 0 Å². The molecule has 0 aliphatic carbocycles. The molecule has 1 rings (SSSR count). The lowest BCUT2D eigenvalue weighted by molar-refractivity contribution is -0.411. The molecule has 102 valence electrons. The van der Waals surface area contributed by atoms with Crippen molar-refractivity contribution in [1.82, 2.24) is 4.90 Å². The second kappa shape index (κ2) is 4.72. The first kappa shape index (κ1) is 14.7. The van der Waals surface area contributed by atoms with Crippen molar-refractivity contribution in [2.45, 2.75) is 57.8 Å². The maximum atomic E-state index is 13.1. The van der Waals surface area contributed by atoms with Crippen LogP contribution >= 0.6 is 0 Å². The van der Waals surface area contributed by atoms with Crippen LogP contribution in [0.4, 0.5) is 17.6 Å². The summed E-state index contributed by atoms with van der Waals surface area (Å²) < 4.78 is 56.0. The minimum Gasteiger partial charge on any atom is -0.281 e. The molecule has 1 unspecified atom stereocenters. The van der Waals surface area contributed by atoms with E-state index in [4.69, 9.17) is 0 Å². The molecule has 1 atom stereocenters. The highest BCUT2D eigenvalue weighted by atomic mass is 19.3. The van der Waals surface area contributed by atoms with Gasteiger partial charge in [-0.1, -0.05) is 20.3 Å². The normalized spacial score (nSPS) is 27.7. The molecular weight excluding hydrogens is 238 g/mol. The van der Waals surface area contributed by atoms with Crippen molar-refractivity contribution < 1.29 is 22.3 Å². The first-order valence-electron chi connectivity index (χ1n) is 5.85. The molecule has 0 aromatic rings. The molecule has 1 aliphatic rings. The smallest absolute Gasteiger partial charge is 0.281 e. The summed E-state index contributed by atoms with van der Waals surface area (Å²) in [6, 6.07) is 0. The average Bonchev–Trinajstić information content (AvgIpc) is 2.13. The van der Waals surface area contributed by atoms with Gasteiger partial charge < -0.3 is 0 Å². The van der Waals surface area contributed by atoms with Crippen LogP contribution in [0, 0.1) is 0 Å². The monoisotopic (exact) mass is 257 g/mol. The summed E-state index contributed by atoms with van der Waals surface area (Å²) in [6.45, 7) is 3.93. The van der Waals surface area contributed by atoms with Gasteiger partial charge in [0.2, 0.25) is 0 Å². The number of alkyl halides is 4. The van der Waals surface area contributed by atoms with Gasteiger partial charge in [0.25, 0.3) is 0 Å². The van der Waals surface area contributed by atoms with Crippen molar-refractivity contribution in [3.63, 3.8) is 0 Å². The van der Waals surface area contributed by atoms with Gasteiger partial charge in [0.05, 0.1) is 13.1 Å². The molecule has 1 fully saturated rings. The molecule has 0 amide bonds. The highest BCUT2D eigenvalue weighted by molar-refractivity contribution is 4.90. The molecule has 1 saturated heterocycles. The first-order chi connectivity index (χ1) is 7.64. The van der Waals surface area contributed by atoms with Crippen molar-refractivity contribution in [3.8, 4) is 0 Å². The quantitative estimate of drug-likeness (QED) is 0.715. The topological polar surface area (TPSA) is 12.5 Å². The Morgan fingerprint density at radius 3 is 1.94 bits per heavy atom. The molecular formula is C11H19F4NO. The maximum absolute atomic E-state index is 13.1. The Kier molecular flexibility index (Phi) is 4.08. The predicted octanol–water partition coefficient (Wildman–Crippen LogP) is 3.47. The Bertz CT molecular complexity index is 256. The SMILES string of the molecule is CCCC(C)(CC)N1CC(F)(F)OC(F)(F)C1. The second-order valence-corrected chi connectivity index (χ2v) is 4.83. The molecule has 0 aromatic carbocycles. The van der Waals surface area contributed by atoms with Gasteiger partial charge >= 0.3 is 12.2 Å². The zero-order valence-electron chi connectivity index (χ0n) is 10.4. The van der Waals surface area contributed by atoms with Crippen LogP contribution in [0.2, 0.25) is 0 Å². The highest BCUT2D eigenvalue weighted by Crippen LogP contribution is 2.38. The summed E-state index contributed by atoms with van der Waals surface area (Å²) in [5.41, 5.74) is -0.634. The number of hydrogen-bond acceptors (Lipinski definition) is 2. The molecule has 1 heterocycles. The molecule has 0 saturated carbocycles. The van der Waals surface area contributed by atoms with E-state index in [1.54, 1.807) is 6.92 Å². The lowest BCUT2D eigenvalue weighted by Gasteiger charge is -2.46. The lowest BCUT2D eigenvalue weighted by atomic mass is 9.90. The van der Waals surface area contributed by atoms with Crippen LogP contribution in [-0.2, 0) is 4.74 Å². The number of ether oxygens (including phenoxy) is 1. The van der Waals surface area contributed by atoms with Crippen LogP contribution < -0.4 is 0 Å². The molecule has 0 spiro atoms. The maximum Gasteiger partial charge on any atom is 0.372 e. The summed E-state index contributed by atoms with van der Waals surface area (Å²) in [6.07, 6.45) is -5.65. The molecule has 1 aliphatic heterocycles. The zero-order valence-corrected chi connectivity index (χ0v) is 10.4. The van der Waals surface area contributed by atoms with Crippen molar-refractivity contribution >= 4 is 0 Å². The Hall–Kier alpha value is -0.360. The standard InChI is InChI=1S/C11H19F4NO/c1-4-6-9(3,5-2)16-7-10(12,13)17-11(14,15)8-16/h4-8H2,1-3H3. The Balaban J connectivity index is 2.89. The van der Waals surface area contributed by atoms with Crippen LogP contribution in [0.15, 0.2) is 0 Å².